The fraction of sp³-hybridized carbons (Fsp3) is 0.682. The Labute approximate surface area is 177 Å². The van der Waals surface area contributed by atoms with Gasteiger partial charge in [0.15, 0.2) is 5.82 Å². The van der Waals surface area contributed by atoms with Crippen molar-refractivity contribution in [3.05, 3.63) is 24.3 Å². The third kappa shape index (κ3) is 3.84. The van der Waals surface area contributed by atoms with Crippen LogP contribution in [0.4, 0.5) is 5.69 Å². The Hall–Kier alpha value is -2.03. The van der Waals surface area contributed by atoms with Crippen molar-refractivity contribution in [2.45, 2.75) is 56.4 Å². The molecule has 2 saturated heterocycles. The van der Waals surface area contributed by atoms with Crippen LogP contribution in [-0.4, -0.2) is 72.3 Å². The molecule has 8 heteroatoms. The van der Waals surface area contributed by atoms with Crippen molar-refractivity contribution >= 4 is 5.69 Å². The number of hydrogen-bond acceptors (Lipinski definition) is 7. The number of anilines is 1. The number of fused-ring (bicyclic) bond motifs is 1. The molecule has 0 amide bonds. The number of aromatic nitrogens is 4. The molecule has 5 rings (SSSR count). The molecule has 1 saturated carbocycles. The Morgan fingerprint density at radius 1 is 1.03 bits per heavy atom. The number of nitrogens with zero attached hydrogens (tertiary/aromatic N) is 5. The molecule has 3 fully saturated rings. The standard InChI is InChI=1S/C22H32N6O2/c1-27(2)17-10-8-16(9-11-17)22-24-25-26-28(22)19-14-30-20-18(13-29-21(19)20)23-12-15-6-4-3-5-7-15/h8-11,15,18-21,23H,3-7,12-14H2,1-2H3. The molecule has 1 aliphatic carbocycles. The molecule has 3 heterocycles. The number of ether oxygens (including phenoxy) is 2. The molecule has 2 aliphatic heterocycles. The smallest absolute Gasteiger partial charge is 0.182 e. The second-order valence-electron chi connectivity index (χ2n) is 9.07. The molecule has 0 bridgehead atoms. The quantitative estimate of drug-likeness (QED) is 0.780. The van der Waals surface area contributed by atoms with E-state index in [-0.39, 0.29) is 24.3 Å². The van der Waals surface area contributed by atoms with Crippen molar-refractivity contribution in [1.82, 2.24) is 25.5 Å². The van der Waals surface area contributed by atoms with Crippen molar-refractivity contribution in [3.8, 4) is 11.4 Å². The summed E-state index contributed by atoms with van der Waals surface area (Å²) in [5.41, 5.74) is 2.15. The van der Waals surface area contributed by atoms with Crippen molar-refractivity contribution < 1.29 is 9.47 Å². The Morgan fingerprint density at radius 2 is 1.80 bits per heavy atom. The number of benzene rings is 1. The molecule has 4 unspecified atom stereocenters. The van der Waals surface area contributed by atoms with Gasteiger partial charge in [-0.05, 0) is 60.0 Å². The predicted molar refractivity (Wildman–Crippen MR) is 114 cm³/mol. The van der Waals surface area contributed by atoms with Crippen molar-refractivity contribution in [3.63, 3.8) is 0 Å². The summed E-state index contributed by atoms with van der Waals surface area (Å²) >= 11 is 0. The molecular weight excluding hydrogens is 380 g/mol. The molecule has 4 atom stereocenters. The van der Waals surface area contributed by atoms with Crippen molar-refractivity contribution in [2.75, 3.05) is 38.8 Å². The van der Waals surface area contributed by atoms with Gasteiger partial charge < -0.3 is 19.7 Å². The summed E-state index contributed by atoms with van der Waals surface area (Å²) in [6, 6.07) is 8.54. The zero-order valence-corrected chi connectivity index (χ0v) is 17.9. The topological polar surface area (TPSA) is 77.3 Å². The molecule has 1 N–H and O–H groups in total. The van der Waals surface area contributed by atoms with E-state index in [2.05, 4.69) is 50.0 Å². The van der Waals surface area contributed by atoms with Crippen LogP contribution in [0, 0.1) is 5.92 Å². The first-order valence-electron chi connectivity index (χ1n) is 11.2. The maximum atomic E-state index is 6.20. The fourth-order valence-corrected chi connectivity index (χ4v) is 5.09. The van der Waals surface area contributed by atoms with E-state index < -0.39 is 0 Å². The van der Waals surface area contributed by atoms with E-state index in [0.29, 0.717) is 13.2 Å². The van der Waals surface area contributed by atoms with Gasteiger partial charge in [-0.15, -0.1) is 5.10 Å². The number of tetrazole rings is 1. The minimum Gasteiger partial charge on any atom is -0.378 e. The van der Waals surface area contributed by atoms with Crippen molar-refractivity contribution in [2.24, 2.45) is 5.92 Å². The van der Waals surface area contributed by atoms with Gasteiger partial charge >= 0.3 is 0 Å². The third-order valence-electron chi connectivity index (χ3n) is 6.87. The average Bonchev–Trinajstić information content (AvgIpc) is 3.50. The molecule has 162 valence electrons. The van der Waals surface area contributed by atoms with E-state index in [1.165, 1.54) is 32.1 Å². The fourth-order valence-electron chi connectivity index (χ4n) is 5.09. The summed E-state index contributed by atoms with van der Waals surface area (Å²) in [6.45, 7) is 2.33. The third-order valence-corrected chi connectivity index (χ3v) is 6.87. The number of rotatable bonds is 6. The van der Waals surface area contributed by atoms with E-state index in [1.807, 2.05) is 18.8 Å². The lowest BCUT2D eigenvalue weighted by atomic mass is 9.89. The minimum atomic E-state index is -0.0165. The Morgan fingerprint density at radius 3 is 2.57 bits per heavy atom. The van der Waals surface area contributed by atoms with Gasteiger partial charge in [0, 0.05) is 25.3 Å². The molecule has 0 spiro atoms. The zero-order chi connectivity index (χ0) is 20.5. The maximum absolute atomic E-state index is 6.20. The highest BCUT2D eigenvalue weighted by Gasteiger charge is 2.49. The molecule has 2 aromatic rings. The predicted octanol–water partition coefficient (Wildman–Crippen LogP) is 2.28. The van der Waals surface area contributed by atoms with Gasteiger partial charge in [-0.2, -0.15) is 0 Å². The highest BCUT2D eigenvalue weighted by molar-refractivity contribution is 5.60. The molecule has 1 aromatic heterocycles. The SMILES string of the molecule is CN(C)c1ccc(-c2nnnn2C2COC3C(NCC4CCCCC4)COC32)cc1. The van der Waals surface area contributed by atoms with E-state index in [9.17, 15) is 0 Å². The van der Waals surface area contributed by atoms with E-state index >= 15 is 0 Å². The summed E-state index contributed by atoms with van der Waals surface area (Å²) in [5, 5.41) is 16.3. The van der Waals surface area contributed by atoms with Crippen LogP contribution in [0.25, 0.3) is 11.4 Å². The Bertz CT molecular complexity index is 832. The van der Waals surface area contributed by atoms with Gasteiger partial charge in [-0.1, -0.05) is 19.3 Å². The van der Waals surface area contributed by atoms with Crippen LogP contribution in [0.3, 0.4) is 0 Å². The Balaban J connectivity index is 1.26. The molecule has 30 heavy (non-hydrogen) atoms. The molecule has 8 nitrogen and oxygen atoms in total. The average molecular weight is 413 g/mol. The summed E-state index contributed by atoms with van der Waals surface area (Å²) in [4.78, 5) is 2.08. The normalized spacial score (nSPS) is 29.3. The lowest BCUT2D eigenvalue weighted by Crippen LogP contribution is -2.43. The lowest BCUT2D eigenvalue weighted by molar-refractivity contribution is 0.0620. The second-order valence-corrected chi connectivity index (χ2v) is 9.07. The minimum absolute atomic E-state index is 0.00462. The van der Waals surface area contributed by atoms with Gasteiger partial charge in [0.05, 0.1) is 19.3 Å². The van der Waals surface area contributed by atoms with Gasteiger partial charge in [0.25, 0.3) is 0 Å². The number of hydrogen-bond donors (Lipinski definition) is 1. The molecule has 3 aliphatic rings. The van der Waals surface area contributed by atoms with Crippen LogP contribution in [0.15, 0.2) is 24.3 Å². The Kier molecular flexibility index (Phi) is 5.71. The van der Waals surface area contributed by atoms with Gasteiger partial charge in [0.1, 0.15) is 18.2 Å². The van der Waals surface area contributed by atoms with Crippen LogP contribution >= 0.6 is 0 Å². The van der Waals surface area contributed by atoms with E-state index in [0.717, 1.165) is 29.5 Å². The summed E-state index contributed by atoms with van der Waals surface area (Å²) in [7, 11) is 4.07. The largest absolute Gasteiger partial charge is 0.378 e. The highest BCUT2D eigenvalue weighted by Crippen LogP contribution is 2.36. The first-order chi connectivity index (χ1) is 14.7. The molecular formula is C22H32N6O2. The molecule has 0 radical (unpaired) electrons. The lowest BCUT2D eigenvalue weighted by Gasteiger charge is -2.25. The highest BCUT2D eigenvalue weighted by atomic mass is 16.6. The maximum Gasteiger partial charge on any atom is 0.182 e. The second kappa shape index (κ2) is 8.61. The van der Waals surface area contributed by atoms with Crippen LogP contribution in [-0.2, 0) is 9.47 Å². The monoisotopic (exact) mass is 412 g/mol. The summed E-state index contributed by atoms with van der Waals surface area (Å²) in [5.74, 6) is 1.56. The van der Waals surface area contributed by atoms with Crippen molar-refractivity contribution in [1.29, 1.82) is 0 Å². The van der Waals surface area contributed by atoms with Crippen LogP contribution in [0.2, 0.25) is 0 Å². The van der Waals surface area contributed by atoms with E-state index in [1.54, 1.807) is 0 Å². The zero-order valence-electron chi connectivity index (χ0n) is 17.9. The van der Waals surface area contributed by atoms with Gasteiger partial charge in [-0.25, -0.2) is 4.68 Å². The first kappa shape index (κ1) is 19.9. The number of nitrogens with one attached hydrogen (secondary N) is 1. The molecule has 1 aromatic carbocycles. The van der Waals surface area contributed by atoms with Crippen LogP contribution < -0.4 is 10.2 Å². The van der Waals surface area contributed by atoms with Crippen LogP contribution in [0.5, 0.6) is 0 Å². The first-order valence-corrected chi connectivity index (χ1v) is 11.2. The van der Waals surface area contributed by atoms with E-state index in [4.69, 9.17) is 9.47 Å². The summed E-state index contributed by atoms with van der Waals surface area (Å²) < 4.78 is 14.3. The summed E-state index contributed by atoms with van der Waals surface area (Å²) in [6.07, 6.45) is 6.87. The van der Waals surface area contributed by atoms with Gasteiger partial charge in [0.2, 0.25) is 0 Å². The van der Waals surface area contributed by atoms with Gasteiger partial charge in [-0.3, -0.25) is 0 Å². The van der Waals surface area contributed by atoms with Crippen LogP contribution in [0.1, 0.15) is 38.1 Å².